The van der Waals surface area contributed by atoms with Gasteiger partial charge in [-0.05, 0) is 31.4 Å². The number of hydrogen-bond donors (Lipinski definition) is 0. The van der Waals surface area contributed by atoms with Gasteiger partial charge in [0.25, 0.3) is 0 Å². The molecule has 2 nitrogen and oxygen atoms in total. The van der Waals surface area contributed by atoms with Crippen molar-refractivity contribution in [3.8, 4) is 0 Å². The van der Waals surface area contributed by atoms with Crippen LogP contribution in [0.2, 0.25) is 0 Å². The molecule has 1 rings (SSSR count). The zero-order valence-corrected chi connectivity index (χ0v) is 11.8. The van der Waals surface area contributed by atoms with Crippen molar-refractivity contribution in [3.05, 3.63) is 23.8 Å². The Kier molecular flexibility index (Phi) is 6.77. The topological polar surface area (TPSA) is 26.3 Å². The normalized spacial score (nSPS) is 19.7. The van der Waals surface area contributed by atoms with Gasteiger partial charge in [-0.25, -0.2) is 4.79 Å². The van der Waals surface area contributed by atoms with Gasteiger partial charge in [-0.1, -0.05) is 52.0 Å². The summed E-state index contributed by atoms with van der Waals surface area (Å²) in [5.74, 6) is -0.185. The molecule has 1 unspecified atom stereocenters. The van der Waals surface area contributed by atoms with Crippen molar-refractivity contribution in [2.75, 3.05) is 0 Å². The van der Waals surface area contributed by atoms with Gasteiger partial charge in [0, 0.05) is 5.57 Å². The van der Waals surface area contributed by atoms with Crippen LogP contribution in [0.3, 0.4) is 0 Å². The van der Waals surface area contributed by atoms with Gasteiger partial charge in [-0.3, -0.25) is 0 Å². The third-order valence-electron chi connectivity index (χ3n) is 3.46. The standard InChI is InChI=1S/C16H26O2/c1-4-5-6-7-8-9-10-11-15-13(2)12-14(3)16(17)18-15/h12,15H,2,4-11H2,1,3H3. The molecule has 0 aromatic heterocycles. The Hall–Kier alpha value is -1.05. The number of carbonyl (C=O) groups excluding carboxylic acids is 1. The lowest BCUT2D eigenvalue weighted by molar-refractivity contribution is -0.143. The van der Waals surface area contributed by atoms with Crippen LogP contribution in [0.25, 0.3) is 0 Å². The molecule has 0 saturated heterocycles. The fourth-order valence-corrected chi connectivity index (χ4v) is 2.26. The first-order chi connectivity index (χ1) is 8.65. The van der Waals surface area contributed by atoms with Gasteiger partial charge in [-0.2, -0.15) is 0 Å². The summed E-state index contributed by atoms with van der Waals surface area (Å²) < 4.78 is 5.35. The van der Waals surface area contributed by atoms with E-state index < -0.39 is 0 Å². The molecule has 102 valence electrons. The summed E-state index contributed by atoms with van der Waals surface area (Å²) in [5, 5.41) is 0. The Morgan fingerprint density at radius 3 is 2.44 bits per heavy atom. The van der Waals surface area contributed by atoms with Crippen molar-refractivity contribution in [2.24, 2.45) is 0 Å². The Balaban J connectivity index is 2.13. The van der Waals surface area contributed by atoms with E-state index in [1.807, 2.05) is 6.08 Å². The minimum Gasteiger partial charge on any atom is -0.454 e. The average molecular weight is 250 g/mol. The molecular formula is C16H26O2. The van der Waals surface area contributed by atoms with Crippen LogP contribution in [0.5, 0.6) is 0 Å². The highest BCUT2D eigenvalue weighted by atomic mass is 16.5. The van der Waals surface area contributed by atoms with Crippen molar-refractivity contribution >= 4 is 5.97 Å². The van der Waals surface area contributed by atoms with Gasteiger partial charge < -0.3 is 4.74 Å². The molecule has 1 heterocycles. The second-order valence-corrected chi connectivity index (χ2v) is 5.21. The summed E-state index contributed by atoms with van der Waals surface area (Å²) in [4.78, 5) is 11.4. The molecule has 0 spiro atoms. The highest BCUT2D eigenvalue weighted by molar-refractivity contribution is 5.90. The molecule has 1 aliphatic rings. The van der Waals surface area contributed by atoms with E-state index in [0.29, 0.717) is 5.57 Å². The lowest BCUT2D eigenvalue weighted by Gasteiger charge is -2.23. The van der Waals surface area contributed by atoms with Gasteiger partial charge in [-0.15, -0.1) is 0 Å². The van der Waals surface area contributed by atoms with E-state index in [1.54, 1.807) is 6.92 Å². The molecule has 2 heteroatoms. The first-order valence-corrected chi connectivity index (χ1v) is 7.23. The molecule has 0 aromatic rings. The molecule has 0 N–H and O–H groups in total. The van der Waals surface area contributed by atoms with Crippen LogP contribution in [0, 0.1) is 0 Å². The average Bonchev–Trinajstić information content (AvgIpc) is 2.34. The highest BCUT2D eigenvalue weighted by Gasteiger charge is 2.22. The summed E-state index contributed by atoms with van der Waals surface area (Å²) in [6.45, 7) is 7.98. The van der Waals surface area contributed by atoms with Crippen LogP contribution in [0.4, 0.5) is 0 Å². The summed E-state index contributed by atoms with van der Waals surface area (Å²) >= 11 is 0. The zero-order chi connectivity index (χ0) is 13.4. The Labute approximate surface area is 111 Å². The van der Waals surface area contributed by atoms with Gasteiger partial charge >= 0.3 is 5.97 Å². The van der Waals surface area contributed by atoms with Crippen LogP contribution in [0.15, 0.2) is 23.8 Å². The number of unbranched alkanes of at least 4 members (excludes halogenated alkanes) is 6. The second kappa shape index (κ2) is 8.12. The van der Waals surface area contributed by atoms with Crippen LogP contribution in [-0.4, -0.2) is 12.1 Å². The van der Waals surface area contributed by atoms with E-state index >= 15 is 0 Å². The summed E-state index contributed by atoms with van der Waals surface area (Å²) in [6.07, 6.45) is 11.7. The summed E-state index contributed by atoms with van der Waals surface area (Å²) in [5.41, 5.74) is 1.61. The van der Waals surface area contributed by atoms with Crippen LogP contribution in [-0.2, 0) is 9.53 Å². The number of esters is 1. The van der Waals surface area contributed by atoms with E-state index in [2.05, 4.69) is 13.5 Å². The Bertz CT molecular complexity index is 315. The SMILES string of the molecule is C=C1C=C(C)C(=O)OC1CCCCCCCCC. The maximum Gasteiger partial charge on any atom is 0.334 e. The smallest absolute Gasteiger partial charge is 0.334 e. The Morgan fingerprint density at radius 1 is 1.17 bits per heavy atom. The predicted molar refractivity (Wildman–Crippen MR) is 75.4 cm³/mol. The van der Waals surface area contributed by atoms with E-state index in [9.17, 15) is 4.79 Å². The van der Waals surface area contributed by atoms with Gasteiger partial charge in [0.2, 0.25) is 0 Å². The van der Waals surface area contributed by atoms with Crippen molar-refractivity contribution in [3.63, 3.8) is 0 Å². The zero-order valence-electron chi connectivity index (χ0n) is 11.8. The molecule has 1 atom stereocenters. The number of cyclic esters (lactones) is 1. The summed E-state index contributed by atoms with van der Waals surface area (Å²) in [6, 6.07) is 0. The number of rotatable bonds is 8. The summed E-state index contributed by atoms with van der Waals surface area (Å²) in [7, 11) is 0. The van der Waals surface area contributed by atoms with E-state index in [-0.39, 0.29) is 12.1 Å². The monoisotopic (exact) mass is 250 g/mol. The number of hydrogen-bond acceptors (Lipinski definition) is 2. The fourth-order valence-electron chi connectivity index (χ4n) is 2.26. The second-order valence-electron chi connectivity index (χ2n) is 5.21. The third kappa shape index (κ3) is 5.07. The maximum absolute atomic E-state index is 11.4. The van der Waals surface area contributed by atoms with Crippen molar-refractivity contribution in [2.45, 2.75) is 71.3 Å². The van der Waals surface area contributed by atoms with E-state index in [0.717, 1.165) is 18.4 Å². The molecule has 1 aliphatic heterocycles. The molecule has 0 radical (unpaired) electrons. The highest BCUT2D eigenvalue weighted by Crippen LogP contribution is 2.22. The van der Waals surface area contributed by atoms with Crippen LogP contribution < -0.4 is 0 Å². The van der Waals surface area contributed by atoms with E-state index in [4.69, 9.17) is 4.74 Å². The number of carbonyl (C=O) groups is 1. The molecule has 0 saturated carbocycles. The largest absolute Gasteiger partial charge is 0.454 e. The van der Waals surface area contributed by atoms with Crippen molar-refractivity contribution < 1.29 is 9.53 Å². The lowest BCUT2D eigenvalue weighted by Crippen LogP contribution is -2.24. The minimum atomic E-state index is -0.185. The minimum absolute atomic E-state index is 0.0863. The third-order valence-corrected chi connectivity index (χ3v) is 3.46. The van der Waals surface area contributed by atoms with Gasteiger partial charge in [0.05, 0.1) is 0 Å². The maximum atomic E-state index is 11.4. The Morgan fingerprint density at radius 2 is 1.78 bits per heavy atom. The quantitative estimate of drug-likeness (QED) is 0.466. The molecule has 18 heavy (non-hydrogen) atoms. The number of ether oxygens (including phenoxy) is 1. The molecule has 0 fully saturated rings. The molecule has 0 bridgehead atoms. The molecule has 0 aliphatic carbocycles. The van der Waals surface area contributed by atoms with Gasteiger partial charge in [0.15, 0.2) is 0 Å². The van der Waals surface area contributed by atoms with Crippen molar-refractivity contribution in [1.82, 2.24) is 0 Å². The lowest BCUT2D eigenvalue weighted by atomic mass is 9.99. The van der Waals surface area contributed by atoms with Crippen molar-refractivity contribution in [1.29, 1.82) is 0 Å². The van der Waals surface area contributed by atoms with Gasteiger partial charge in [0.1, 0.15) is 6.10 Å². The molecule has 0 aromatic carbocycles. The fraction of sp³-hybridized carbons (Fsp3) is 0.688. The first-order valence-electron chi connectivity index (χ1n) is 7.23. The molecular weight excluding hydrogens is 224 g/mol. The first kappa shape index (κ1) is 15.0. The van der Waals surface area contributed by atoms with Crippen LogP contribution in [0.1, 0.15) is 65.2 Å². The van der Waals surface area contributed by atoms with Crippen LogP contribution >= 0.6 is 0 Å². The van der Waals surface area contributed by atoms with E-state index in [1.165, 1.54) is 38.5 Å². The molecule has 0 amide bonds. The predicted octanol–water partition coefficient (Wildman–Crippen LogP) is 4.56.